The van der Waals surface area contributed by atoms with E-state index in [1.807, 2.05) is 6.07 Å². The molecule has 0 atom stereocenters. The SMILES string of the molecule is CCCCCCNc1ccn(C)c(=O)n1. The standard InChI is InChI=1S/C11H19N3O/c1-3-4-5-6-8-12-10-7-9-14(2)11(15)13-10/h7,9H,3-6,8H2,1-2H3,(H,12,13,15). The van der Waals surface area contributed by atoms with Gasteiger partial charge in [-0.1, -0.05) is 26.2 Å². The number of hydrogen-bond acceptors (Lipinski definition) is 3. The Morgan fingerprint density at radius 1 is 1.40 bits per heavy atom. The van der Waals surface area contributed by atoms with E-state index < -0.39 is 0 Å². The highest BCUT2D eigenvalue weighted by atomic mass is 16.1. The maximum atomic E-state index is 11.2. The van der Waals surface area contributed by atoms with E-state index in [-0.39, 0.29) is 5.69 Å². The third kappa shape index (κ3) is 4.14. The van der Waals surface area contributed by atoms with Crippen LogP contribution in [-0.4, -0.2) is 16.1 Å². The zero-order valence-corrected chi connectivity index (χ0v) is 9.49. The van der Waals surface area contributed by atoms with Crippen molar-refractivity contribution in [2.75, 3.05) is 11.9 Å². The van der Waals surface area contributed by atoms with Crippen molar-refractivity contribution in [3.63, 3.8) is 0 Å². The van der Waals surface area contributed by atoms with Crippen molar-refractivity contribution >= 4 is 5.82 Å². The van der Waals surface area contributed by atoms with Crippen LogP contribution in [0.15, 0.2) is 17.1 Å². The molecule has 4 heteroatoms. The molecule has 1 heterocycles. The minimum absolute atomic E-state index is 0.214. The van der Waals surface area contributed by atoms with Gasteiger partial charge in [0.2, 0.25) is 0 Å². The molecule has 1 aromatic heterocycles. The fraction of sp³-hybridized carbons (Fsp3) is 0.636. The van der Waals surface area contributed by atoms with E-state index in [2.05, 4.69) is 17.2 Å². The Balaban J connectivity index is 2.32. The fourth-order valence-corrected chi connectivity index (χ4v) is 1.33. The minimum Gasteiger partial charge on any atom is -0.370 e. The average molecular weight is 209 g/mol. The summed E-state index contributed by atoms with van der Waals surface area (Å²) in [7, 11) is 1.69. The van der Waals surface area contributed by atoms with Crippen LogP contribution in [0.4, 0.5) is 5.82 Å². The van der Waals surface area contributed by atoms with Gasteiger partial charge in [-0.05, 0) is 12.5 Å². The van der Waals surface area contributed by atoms with Crippen molar-refractivity contribution in [3.05, 3.63) is 22.7 Å². The van der Waals surface area contributed by atoms with Crippen molar-refractivity contribution in [1.82, 2.24) is 9.55 Å². The maximum Gasteiger partial charge on any atom is 0.349 e. The number of hydrogen-bond donors (Lipinski definition) is 1. The predicted octanol–water partition coefficient (Wildman–Crippen LogP) is 1.77. The Morgan fingerprint density at radius 3 is 2.87 bits per heavy atom. The largest absolute Gasteiger partial charge is 0.370 e. The van der Waals surface area contributed by atoms with Gasteiger partial charge in [0.05, 0.1) is 0 Å². The van der Waals surface area contributed by atoms with Crippen LogP contribution in [0, 0.1) is 0 Å². The highest BCUT2D eigenvalue weighted by molar-refractivity contribution is 5.31. The van der Waals surface area contributed by atoms with Crippen molar-refractivity contribution in [2.24, 2.45) is 7.05 Å². The second kappa shape index (κ2) is 6.22. The van der Waals surface area contributed by atoms with E-state index in [4.69, 9.17) is 0 Å². The highest BCUT2D eigenvalue weighted by Gasteiger charge is 1.95. The van der Waals surface area contributed by atoms with Crippen LogP contribution in [0.3, 0.4) is 0 Å². The molecule has 0 aliphatic carbocycles. The summed E-state index contributed by atoms with van der Waals surface area (Å²) in [6.45, 7) is 3.08. The molecule has 0 aliphatic heterocycles. The lowest BCUT2D eigenvalue weighted by Gasteiger charge is -2.05. The monoisotopic (exact) mass is 209 g/mol. The smallest absolute Gasteiger partial charge is 0.349 e. The molecule has 1 rings (SSSR count). The summed E-state index contributed by atoms with van der Waals surface area (Å²) in [5.74, 6) is 0.676. The topological polar surface area (TPSA) is 46.9 Å². The lowest BCUT2D eigenvalue weighted by atomic mass is 10.2. The molecule has 0 aliphatic rings. The van der Waals surface area contributed by atoms with Crippen LogP contribution < -0.4 is 11.0 Å². The quantitative estimate of drug-likeness (QED) is 0.726. The summed E-state index contributed by atoms with van der Waals surface area (Å²) in [5.41, 5.74) is -0.214. The van der Waals surface area contributed by atoms with E-state index >= 15 is 0 Å². The Hall–Kier alpha value is -1.32. The van der Waals surface area contributed by atoms with Crippen LogP contribution in [0.25, 0.3) is 0 Å². The van der Waals surface area contributed by atoms with Crippen LogP contribution in [0.5, 0.6) is 0 Å². The van der Waals surface area contributed by atoms with Gasteiger partial charge in [0, 0.05) is 19.8 Å². The Kier molecular flexibility index (Phi) is 4.87. The number of unbranched alkanes of at least 4 members (excludes halogenated alkanes) is 3. The second-order valence-corrected chi connectivity index (χ2v) is 3.69. The number of aryl methyl sites for hydroxylation is 1. The first-order chi connectivity index (χ1) is 7.24. The average Bonchev–Trinajstić information content (AvgIpc) is 2.23. The van der Waals surface area contributed by atoms with E-state index in [9.17, 15) is 4.79 Å². The lowest BCUT2D eigenvalue weighted by molar-refractivity contribution is 0.683. The molecular weight excluding hydrogens is 190 g/mol. The van der Waals surface area contributed by atoms with E-state index in [1.54, 1.807) is 13.2 Å². The molecule has 0 aromatic carbocycles. The van der Waals surface area contributed by atoms with Gasteiger partial charge in [-0.15, -0.1) is 0 Å². The highest BCUT2D eigenvalue weighted by Crippen LogP contribution is 2.01. The third-order valence-corrected chi connectivity index (χ3v) is 2.31. The van der Waals surface area contributed by atoms with E-state index in [0.29, 0.717) is 5.82 Å². The first-order valence-electron chi connectivity index (χ1n) is 5.51. The summed E-state index contributed by atoms with van der Waals surface area (Å²) < 4.78 is 1.46. The molecule has 1 N–H and O–H groups in total. The molecular formula is C11H19N3O. The Morgan fingerprint density at radius 2 is 2.20 bits per heavy atom. The van der Waals surface area contributed by atoms with Crippen LogP contribution in [0.1, 0.15) is 32.6 Å². The van der Waals surface area contributed by atoms with Gasteiger partial charge < -0.3 is 9.88 Å². The first-order valence-corrected chi connectivity index (χ1v) is 5.51. The summed E-state index contributed by atoms with van der Waals surface area (Å²) in [6.07, 6.45) is 6.60. The molecule has 0 unspecified atom stereocenters. The molecule has 0 bridgehead atoms. The van der Waals surface area contributed by atoms with Crippen LogP contribution >= 0.6 is 0 Å². The zero-order chi connectivity index (χ0) is 11.1. The molecule has 0 amide bonds. The molecule has 0 saturated carbocycles. The molecule has 0 fully saturated rings. The van der Waals surface area contributed by atoms with Gasteiger partial charge in [0.25, 0.3) is 0 Å². The minimum atomic E-state index is -0.214. The number of nitrogens with zero attached hydrogens (tertiary/aromatic N) is 2. The number of anilines is 1. The maximum absolute atomic E-state index is 11.2. The van der Waals surface area contributed by atoms with Gasteiger partial charge in [-0.25, -0.2) is 4.79 Å². The lowest BCUT2D eigenvalue weighted by Crippen LogP contribution is -2.20. The molecule has 15 heavy (non-hydrogen) atoms. The van der Waals surface area contributed by atoms with Gasteiger partial charge >= 0.3 is 5.69 Å². The fourth-order valence-electron chi connectivity index (χ4n) is 1.33. The second-order valence-electron chi connectivity index (χ2n) is 3.69. The Labute approximate surface area is 90.3 Å². The summed E-state index contributed by atoms with van der Waals surface area (Å²) in [5, 5.41) is 3.15. The zero-order valence-electron chi connectivity index (χ0n) is 9.49. The summed E-state index contributed by atoms with van der Waals surface area (Å²) in [6, 6.07) is 1.82. The number of nitrogens with one attached hydrogen (secondary N) is 1. The van der Waals surface area contributed by atoms with Crippen molar-refractivity contribution in [1.29, 1.82) is 0 Å². The normalized spacial score (nSPS) is 10.3. The van der Waals surface area contributed by atoms with Gasteiger partial charge in [-0.2, -0.15) is 4.98 Å². The number of rotatable bonds is 6. The first kappa shape index (κ1) is 11.8. The summed E-state index contributed by atoms with van der Waals surface area (Å²) >= 11 is 0. The van der Waals surface area contributed by atoms with Crippen molar-refractivity contribution in [3.8, 4) is 0 Å². The molecule has 0 spiro atoms. The predicted molar refractivity (Wildman–Crippen MR) is 62.1 cm³/mol. The summed E-state index contributed by atoms with van der Waals surface area (Å²) in [4.78, 5) is 15.1. The van der Waals surface area contributed by atoms with E-state index in [0.717, 1.165) is 13.0 Å². The van der Waals surface area contributed by atoms with Gasteiger partial charge in [-0.3, -0.25) is 0 Å². The molecule has 0 saturated heterocycles. The van der Waals surface area contributed by atoms with Crippen LogP contribution in [0.2, 0.25) is 0 Å². The van der Waals surface area contributed by atoms with Gasteiger partial charge in [0.15, 0.2) is 0 Å². The van der Waals surface area contributed by atoms with Crippen LogP contribution in [-0.2, 0) is 7.05 Å². The molecule has 4 nitrogen and oxygen atoms in total. The third-order valence-electron chi connectivity index (χ3n) is 2.31. The molecule has 84 valence electrons. The van der Waals surface area contributed by atoms with Gasteiger partial charge in [0.1, 0.15) is 5.82 Å². The van der Waals surface area contributed by atoms with E-state index in [1.165, 1.54) is 23.8 Å². The van der Waals surface area contributed by atoms with Crippen molar-refractivity contribution < 1.29 is 0 Å². The van der Waals surface area contributed by atoms with Crippen molar-refractivity contribution in [2.45, 2.75) is 32.6 Å². The Bertz CT molecular complexity index is 346. The molecule has 1 aromatic rings. The number of aromatic nitrogens is 2. The molecule has 0 radical (unpaired) electrons.